The first-order valence-electron chi connectivity index (χ1n) is 9.91. The van der Waals surface area contributed by atoms with Crippen molar-refractivity contribution >= 4 is 11.8 Å². The standard InChI is InChI=1S/C23H27N3O2/c1-16-7-8-18(12-17(16)2)21(27)26-11-9-23(15-26)13-20(23)22(28)25(3)14-19-6-4-5-10-24-19/h4-8,10,12,20H,9,11,13-15H2,1-3H3/t20-,23-/m1/s1. The largest absolute Gasteiger partial charge is 0.340 e. The van der Waals surface area contributed by atoms with Crippen molar-refractivity contribution in [3.8, 4) is 0 Å². The zero-order valence-corrected chi connectivity index (χ0v) is 16.8. The molecule has 1 aliphatic carbocycles. The molecule has 1 aromatic carbocycles. The van der Waals surface area contributed by atoms with E-state index in [-0.39, 0.29) is 23.1 Å². The number of rotatable bonds is 4. The van der Waals surface area contributed by atoms with Crippen LogP contribution in [0.3, 0.4) is 0 Å². The minimum Gasteiger partial charge on any atom is -0.340 e. The van der Waals surface area contributed by atoms with Crippen LogP contribution in [0.5, 0.6) is 0 Å². The Balaban J connectivity index is 1.38. The van der Waals surface area contributed by atoms with Crippen LogP contribution in [0, 0.1) is 25.2 Å². The van der Waals surface area contributed by atoms with E-state index in [0.717, 1.165) is 36.2 Å². The number of hydrogen-bond donors (Lipinski definition) is 0. The van der Waals surface area contributed by atoms with Crippen molar-refractivity contribution in [3.05, 3.63) is 65.0 Å². The summed E-state index contributed by atoms with van der Waals surface area (Å²) in [4.78, 5) is 33.8. The summed E-state index contributed by atoms with van der Waals surface area (Å²) in [5.74, 6) is 0.282. The topological polar surface area (TPSA) is 53.5 Å². The van der Waals surface area contributed by atoms with E-state index in [1.807, 2.05) is 55.3 Å². The minimum atomic E-state index is -0.0230. The molecule has 0 unspecified atom stereocenters. The van der Waals surface area contributed by atoms with Crippen LogP contribution >= 0.6 is 0 Å². The van der Waals surface area contributed by atoms with E-state index in [2.05, 4.69) is 11.9 Å². The smallest absolute Gasteiger partial charge is 0.253 e. The maximum Gasteiger partial charge on any atom is 0.253 e. The van der Waals surface area contributed by atoms with Gasteiger partial charge in [-0.05, 0) is 62.1 Å². The van der Waals surface area contributed by atoms with Gasteiger partial charge in [0.05, 0.1) is 12.2 Å². The van der Waals surface area contributed by atoms with Crippen molar-refractivity contribution in [2.45, 2.75) is 33.2 Å². The molecule has 0 N–H and O–H groups in total. The van der Waals surface area contributed by atoms with Gasteiger partial charge in [-0.2, -0.15) is 0 Å². The van der Waals surface area contributed by atoms with E-state index in [1.54, 1.807) is 11.1 Å². The molecule has 0 bridgehead atoms. The normalized spacial score (nSPS) is 23.1. The molecule has 146 valence electrons. The van der Waals surface area contributed by atoms with Gasteiger partial charge in [-0.25, -0.2) is 0 Å². The molecule has 1 saturated carbocycles. The average Bonchev–Trinajstić information content (AvgIpc) is 3.22. The number of hydrogen-bond acceptors (Lipinski definition) is 3. The van der Waals surface area contributed by atoms with Gasteiger partial charge in [0.2, 0.25) is 5.91 Å². The van der Waals surface area contributed by atoms with Crippen molar-refractivity contribution in [1.29, 1.82) is 0 Å². The van der Waals surface area contributed by atoms with E-state index in [1.165, 1.54) is 5.56 Å². The van der Waals surface area contributed by atoms with Crippen LogP contribution in [-0.4, -0.2) is 46.7 Å². The third kappa shape index (κ3) is 3.41. The first-order valence-corrected chi connectivity index (χ1v) is 9.91. The summed E-state index contributed by atoms with van der Waals surface area (Å²) in [6.45, 7) is 6.03. The molecular weight excluding hydrogens is 350 g/mol. The van der Waals surface area contributed by atoms with Gasteiger partial charge in [-0.15, -0.1) is 0 Å². The Labute approximate surface area is 166 Å². The number of carbonyl (C=O) groups excluding carboxylic acids is 2. The van der Waals surface area contributed by atoms with Gasteiger partial charge in [0.1, 0.15) is 0 Å². The molecule has 4 rings (SSSR count). The van der Waals surface area contributed by atoms with Crippen LogP contribution < -0.4 is 0 Å². The highest BCUT2D eigenvalue weighted by Crippen LogP contribution is 2.59. The van der Waals surface area contributed by atoms with E-state index in [9.17, 15) is 9.59 Å². The summed E-state index contributed by atoms with van der Waals surface area (Å²) in [6, 6.07) is 11.6. The Morgan fingerprint density at radius 2 is 2.04 bits per heavy atom. The summed E-state index contributed by atoms with van der Waals surface area (Å²) in [5.41, 5.74) is 3.95. The number of amides is 2. The molecule has 2 aliphatic rings. The third-order valence-electron chi connectivity index (χ3n) is 6.42. The molecule has 28 heavy (non-hydrogen) atoms. The highest BCUT2D eigenvalue weighted by molar-refractivity contribution is 5.95. The molecule has 2 fully saturated rings. The molecular formula is C23H27N3O2. The van der Waals surface area contributed by atoms with E-state index in [0.29, 0.717) is 13.1 Å². The third-order valence-corrected chi connectivity index (χ3v) is 6.42. The van der Waals surface area contributed by atoms with Gasteiger partial charge in [0.15, 0.2) is 0 Å². The minimum absolute atomic E-state index is 0.0230. The lowest BCUT2D eigenvalue weighted by atomic mass is 10.0. The Hall–Kier alpha value is -2.69. The van der Waals surface area contributed by atoms with Crippen LogP contribution in [0.15, 0.2) is 42.6 Å². The van der Waals surface area contributed by atoms with Gasteiger partial charge >= 0.3 is 0 Å². The number of benzene rings is 1. The fourth-order valence-corrected chi connectivity index (χ4v) is 4.35. The lowest BCUT2D eigenvalue weighted by Gasteiger charge is -2.20. The highest BCUT2D eigenvalue weighted by Gasteiger charge is 2.61. The molecule has 2 heterocycles. The summed E-state index contributed by atoms with van der Waals surface area (Å²) in [7, 11) is 1.84. The van der Waals surface area contributed by atoms with Crippen molar-refractivity contribution in [2.75, 3.05) is 20.1 Å². The number of carbonyl (C=O) groups is 2. The summed E-state index contributed by atoms with van der Waals surface area (Å²) >= 11 is 0. The first kappa shape index (κ1) is 18.7. The molecule has 2 atom stereocenters. The maximum absolute atomic E-state index is 12.9. The van der Waals surface area contributed by atoms with Crippen LogP contribution in [0.2, 0.25) is 0 Å². The highest BCUT2D eigenvalue weighted by atomic mass is 16.2. The summed E-state index contributed by atoms with van der Waals surface area (Å²) in [5, 5.41) is 0. The van der Waals surface area contributed by atoms with Gasteiger partial charge < -0.3 is 9.80 Å². The molecule has 1 aromatic heterocycles. The number of likely N-dealkylation sites (tertiary alicyclic amines) is 1. The van der Waals surface area contributed by atoms with Crippen LogP contribution in [0.25, 0.3) is 0 Å². The average molecular weight is 377 g/mol. The van der Waals surface area contributed by atoms with Crippen molar-refractivity contribution in [1.82, 2.24) is 14.8 Å². The zero-order chi connectivity index (χ0) is 19.9. The van der Waals surface area contributed by atoms with Gasteiger partial charge in [0, 0.05) is 43.2 Å². The molecule has 5 heteroatoms. The molecule has 2 amide bonds. The molecule has 2 aromatic rings. The van der Waals surface area contributed by atoms with Crippen molar-refractivity contribution in [2.24, 2.45) is 11.3 Å². The van der Waals surface area contributed by atoms with Gasteiger partial charge in [0.25, 0.3) is 5.91 Å². The van der Waals surface area contributed by atoms with Crippen LogP contribution in [-0.2, 0) is 11.3 Å². The Morgan fingerprint density at radius 1 is 1.21 bits per heavy atom. The number of nitrogens with zero attached hydrogens (tertiary/aromatic N) is 3. The van der Waals surface area contributed by atoms with Crippen LogP contribution in [0.1, 0.15) is 40.0 Å². The number of aryl methyl sites for hydroxylation is 2. The fourth-order valence-electron chi connectivity index (χ4n) is 4.35. The van der Waals surface area contributed by atoms with E-state index in [4.69, 9.17) is 0 Å². The monoisotopic (exact) mass is 377 g/mol. The number of pyridine rings is 1. The lowest BCUT2D eigenvalue weighted by molar-refractivity contribution is -0.132. The predicted octanol–water partition coefficient (Wildman–Crippen LogP) is 3.21. The second-order valence-corrected chi connectivity index (χ2v) is 8.41. The first-order chi connectivity index (χ1) is 13.4. The Kier molecular flexibility index (Phi) is 4.69. The molecule has 1 saturated heterocycles. The quantitative estimate of drug-likeness (QED) is 0.822. The zero-order valence-electron chi connectivity index (χ0n) is 16.8. The van der Waals surface area contributed by atoms with Gasteiger partial charge in [-0.1, -0.05) is 12.1 Å². The van der Waals surface area contributed by atoms with Gasteiger partial charge in [-0.3, -0.25) is 14.6 Å². The second-order valence-electron chi connectivity index (χ2n) is 8.41. The summed E-state index contributed by atoms with van der Waals surface area (Å²) < 4.78 is 0. The maximum atomic E-state index is 12.9. The number of aromatic nitrogens is 1. The van der Waals surface area contributed by atoms with E-state index >= 15 is 0 Å². The summed E-state index contributed by atoms with van der Waals surface area (Å²) in [6.07, 6.45) is 3.55. The second kappa shape index (κ2) is 7.04. The van der Waals surface area contributed by atoms with Crippen molar-refractivity contribution in [3.63, 3.8) is 0 Å². The molecule has 1 spiro atoms. The molecule has 0 radical (unpaired) electrons. The Morgan fingerprint density at radius 3 is 2.75 bits per heavy atom. The molecule has 5 nitrogen and oxygen atoms in total. The van der Waals surface area contributed by atoms with Crippen LogP contribution in [0.4, 0.5) is 0 Å². The SMILES string of the molecule is Cc1ccc(C(=O)N2CC[C@@]3(C[C@@H]3C(=O)N(C)Cc3ccccn3)C2)cc1C. The predicted molar refractivity (Wildman–Crippen MR) is 108 cm³/mol. The van der Waals surface area contributed by atoms with E-state index < -0.39 is 0 Å². The lowest BCUT2D eigenvalue weighted by Crippen LogP contribution is -2.32. The fraction of sp³-hybridized carbons (Fsp3) is 0.435. The molecule has 1 aliphatic heterocycles. The Bertz CT molecular complexity index is 911. The van der Waals surface area contributed by atoms with Crippen molar-refractivity contribution < 1.29 is 9.59 Å².